The van der Waals surface area contributed by atoms with E-state index in [0.717, 1.165) is 15.6 Å². The molecular formula is C12H12BrN3O. The lowest BCUT2D eigenvalue weighted by Crippen LogP contribution is -2.05. The molecule has 2 rings (SSSR count). The van der Waals surface area contributed by atoms with E-state index < -0.39 is 6.10 Å². The Morgan fingerprint density at radius 1 is 1.29 bits per heavy atom. The molecule has 4 nitrogen and oxygen atoms in total. The number of hydrogen-bond donors (Lipinski definition) is 2. The van der Waals surface area contributed by atoms with E-state index in [0.29, 0.717) is 12.1 Å². The van der Waals surface area contributed by atoms with Gasteiger partial charge in [0, 0.05) is 46.9 Å². The van der Waals surface area contributed by atoms with Gasteiger partial charge in [-0.25, -0.2) is 0 Å². The first-order valence-corrected chi connectivity index (χ1v) is 5.93. The lowest BCUT2D eigenvalue weighted by atomic mass is 10.0. The maximum atomic E-state index is 10.1. The third-order valence-corrected chi connectivity index (χ3v) is 2.90. The Bertz CT molecular complexity index is 519. The predicted molar refractivity (Wildman–Crippen MR) is 69.3 cm³/mol. The second kappa shape index (κ2) is 5.25. The summed E-state index contributed by atoms with van der Waals surface area (Å²) in [6.45, 7) is 0. The monoisotopic (exact) mass is 293 g/mol. The molecule has 0 spiro atoms. The zero-order chi connectivity index (χ0) is 12.3. The molecule has 88 valence electrons. The molecule has 1 unspecified atom stereocenters. The molecule has 0 saturated heterocycles. The van der Waals surface area contributed by atoms with Crippen LogP contribution in [0.25, 0.3) is 0 Å². The van der Waals surface area contributed by atoms with Gasteiger partial charge in [-0.1, -0.05) is 0 Å². The fourth-order valence-electron chi connectivity index (χ4n) is 1.55. The van der Waals surface area contributed by atoms with Crippen LogP contribution in [0.15, 0.2) is 41.4 Å². The average Bonchev–Trinajstić information content (AvgIpc) is 2.32. The van der Waals surface area contributed by atoms with Crippen molar-refractivity contribution in [1.29, 1.82) is 0 Å². The Hall–Kier alpha value is -1.46. The van der Waals surface area contributed by atoms with Crippen LogP contribution in [-0.4, -0.2) is 15.1 Å². The summed E-state index contributed by atoms with van der Waals surface area (Å²) in [6.07, 6.45) is 6.41. The predicted octanol–water partition coefficient (Wildman–Crippen LogP) is 2.10. The Kier molecular flexibility index (Phi) is 3.71. The first kappa shape index (κ1) is 12.0. The second-order valence-corrected chi connectivity index (χ2v) is 4.65. The highest BCUT2D eigenvalue weighted by Crippen LogP contribution is 2.22. The van der Waals surface area contributed by atoms with Gasteiger partial charge in [-0.15, -0.1) is 0 Å². The summed E-state index contributed by atoms with van der Waals surface area (Å²) in [5.41, 5.74) is 8.03. The van der Waals surface area contributed by atoms with Crippen LogP contribution in [0.1, 0.15) is 17.2 Å². The highest BCUT2D eigenvalue weighted by molar-refractivity contribution is 9.10. The molecule has 0 aliphatic rings. The van der Waals surface area contributed by atoms with Gasteiger partial charge in [-0.05, 0) is 33.6 Å². The number of nitrogens with two attached hydrogens (primary N) is 1. The number of nitrogen functional groups attached to an aromatic ring is 1. The van der Waals surface area contributed by atoms with Crippen molar-refractivity contribution in [3.63, 3.8) is 0 Å². The van der Waals surface area contributed by atoms with Crippen LogP contribution < -0.4 is 5.73 Å². The smallest absolute Gasteiger partial charge is 0.0846 e. The molecule has 0 amide bonds. The van der Waals surface area contributed by atoms with Crippen molar-refractivity contribution in [3.8, 4) is 0 Å². The average molecular weight is 294 g/mol. The molecule has 0 fully saturated rings. The lowest BCUT2D eigenvalue weighted by molar-refractivity contribution is 0.178. The van der Waals surface area contributed by atoms with Crippen molar-refractivity contribution in [1.82, 2.24) is 9.97 Å². The molecule has 1 atom stereocenters. The SMILES string of the molecule is Nc1ccncc1CC(O)c1cncc(Br)c1. The molecule has 17 heavy (non-hydrogen) atoms. The Labute approximate surface area is 108 Å². The molecule has 0 aliphatic heterocycles. The van der Waals surface area contributed by atoms with Crippen LogP contribution in [-0.2, 0) is 6.42 Å². The van der Waals surface area contributed by atoms with E-state index in [4.69, 9.17) is 5.73 Å². The number of anilines is 1. The minimum absolute atomic E-state index is 0.428. The maximum absolute atomic E-state index is 10.1. The summed E-state index contributed by atoms with van der Waals surface area (Å²) in [6, 6.07) is 3.56. The number of aliphatic hydroxyl groups is 1. The van der Waals surface area contributed by atoms with Gasteiger partial charge < -0.3 is 10.8 Å². The van der Waals surface area contributed by atoms with Gasteiger partial charge in [0.1, 0.15) is 0 Å². The van der Waals surface area contributed by atoms with Crippen molar-refractivity contribution >= 4 is 21.6 Å². The number of aromatic nitrogens is 2. The molecule has 2 aromatic rings. The van der Waals surface area contributed by atoms with Crippen LogP contribution in [0.5, 0.6) is 0 Å². The fraction of sp³-hybridized carbons (Fsp3) is 0.167. The van der Waals surface area contributed by atoms with Gasteiger partial charge >= 0.3 is 0 Å². The first-order valence-electron chi connectivity index (χ1n) is 5.13. The number of rotatable bonds is 3. The molecule has 0 aromatic carbocycles. The van der Waals surface area contributed by atoms with E-state index in [1.54, 1.807) is 30.9 Å². The molecular weight excluding hydrogens is 282 g/mol. The van der Waals surface area contributed by atoms with E-state index in [1.807, 2.05) is 6.07 Å². The maximum Gasteiger partial charge on any atom is 0.0846 e. The quantitative estimate of drug-likeness (QED) is 0.909. The van der Waals surface area contributed by atoms with E-state index in [2.05, 4.69) is 25.9 Å². The Morgan fingerprint density at radius 2 is 2.12 bits per heavy atom. The van der Waals surface area contributed by atoms with Crippen molar-refractivity contribution in [2.45, 2.75) is 12.5 Å². The van der Waals surface area contributed by atoms with Crippen molar-refractivity contribution in [2.75, 3.05) is 5.73 Å². The van der Waals surface area contributed by atoms with Crippen molar-refractivity contribution in [3.05, 3.63) is 52.5 Å². The normalized spacial score (nSPS) is 12.4. The highest BCUT2D eigenvalue weighted by Gasteiger charge is 2.11. The minimum Gasteiger partial charge on any atom is -0.398 e. The molecule has 0 saturated carbocycles. The number of aliphatic hydroxyl groups excluding tert-OH is 1. The van der Waals surface area contributed by atoms with Crippen LogP contribution in [0.4, 0.5) is 5.69 Å². The highest BCUT2D eigenvalue weighted by atomic mass is 79.9. The van der Waals surface area contributed by atoms with Crippen molar-refractivity contribution in [2.24, 2.45) is 0 Å². The molecule has 2 heterocycles. The second-order valence-electron chi connectivity index (χ2n) is 3.73. The van der Waals surface area contributed by atoms with Gasteiger partial charge in [-0.3, -0.25) is 9.97 Å². The van der Waals surface area contributed by atoms with Crippen LogP contribution >= 0.6 is 15.9 Å². The van der Waals surface area contributed by atoms with E-state index in [1.165, 1.54) is 0 Å². The molecule has 2 aromatic heterocycles. The van der Waals surface area contributed by atoms with Crippen molar-refractivity contribution < 1.29 is 5.11 Å². The Morgan fingerprint density at radius 3 is 2.82 bits per heavy atom. The summed E-state index contributed by atoms with van der Waals surface area (Å²) in [5.74, 6) is 0. The zero-order valence-electron chi connectivity index (χ0n) is 9.05. The van der Waals surface area contributed by atoms with Gasteiger partial charge in [0.2, 0.25) is 0 Å². The summed E-state index contributed by atoms with van der Waals surface area (Å²) in [7, 11) is 0. The molecule has 5 heteroatoms. The molecule has 0 aliphatic carbocycles. The van der Waals surface area contributed by atoms with E-state index >= 15 is 0 Å². The standard InChI is InChI=1S/C12H12BrN3O/c13-10-3-9(6-16-7-10)12(17)4-8-5-15-2-1-11(8)14/h1-3,5-7,12,17H,4H2,(H2,14,15). The number of pyridine rings is 2. The fourth-order valence-corrected chi connectivity index (χ4v) is 1.93. The molecule has 0 bridgehead atoms. The van der Waals surface area contributed by atoms with Gasteiger partial charge in [-0.2, -0.15) is 0 Å². The lowest BCUT2D eigenvalue weighted by Gasteiger charge is -2.12. The Balaban J connectivity index is 2.17. The van der Waals surface area contributed by atoms with Gasteiger partial charge in [0.15, 0.2) is 0 Å². The van der Waals surface area contributed by atoms with Crippen LogP contribution in [0.3, 0.4) is 0 Å². The number of halogens is 1. The summed E-state index contributed by atoms with van der Waals surface area (Å²) >= 11 is 3.32. The topological polar surface area (TPSA) is 72.0 Å². The third-order valence-electron chi connectivity index (χ3n) is 2.47. The summed E-state index contributed by atoms with van der Waals surface area (Å²) in [4.78, 5) is 8.01. The minimum atomic E-state index is -0.633. The molecule has 0 radical (unpaired) electrons. The van der Waals surface area contributed by atoms with Gasteiger partial charge in [0.25, 0.3) is 0 Å². The summed E-state index contributed by atoms with van der Waals surface area (Å²) in [5, 5.41) is 10.1. The molecule has 3 N–H and O–H groups in total. The van der Waals surface area contributed by atoms with Gasteiger partial charge in [0.05, 0.1) is 6.10 Å². The van der Waals surface area contributed by atoms with E-state index in [-0.39, 0.29) is 0 Å². The van der Waals surface area contributed by atoms with Crippen LogP contribution in [0, 0.1) is 0 Å². The number of hydrogen-bond acceptors (Lipinski definition) is 4. The first-order chi connectivity index (χ1) is 8.16. The van der Waals surface area contributed by atoms with Crippen LogP contribution in [0.2, 0.25) is 0 Å². The third kappa shape index (κ3) is 3.01. The van der Waals surface area contributed by atoms with E-state index in [9.17, 15) is 5.11 Å². The zero-order valence-corrected chi connectivity index (χ0v) is 10.6. The number of nitrogens with zero attached hydrogens (tertiary/aromatic N) is 2. The largest absolute Gasteiger partial charge is 0.398 e. The summed E-state index contributed by atoms with van der Waals surface area (Å²) < 4.78 is 0.841.